The molecule has 1 unspecified atom stereocenters. The second kappa shape index (κ2) is 8.47. The van der Waals surface area contributed by atoms with Crippen molar-refractivity contribution in [1.29, 1.82) is 0 Å². The van der Waals surface area contributed by atoms with Crippen LogP contribution in [0.2, 0.25) is 5.02 Å². The number of amides is 1. The third-order valence-electron chi connectivity index (χ3n) is 3.82. The van der Waals surface area contributed by atoms with E-state index in [1.165, 1.54) is 0 Å². The van der Waals surface area contributed by atoms with E-state index in [9.17, 15) is 4.79 Å². The molecule has 0 radical (unpaired) electrons. The van der Waals surface area contributed by atoms with Gasteiger partial charge in [-0.25, -0.2) is 0 Å². The van der Waals surface area contributed by atoms with Crippen LogP contribution in [0.4, 0.5) is 0 Å². The number of likely N-dealkylation sites (tertiary alicyclic amines) is 1. The third kappa shape index (κ3) is 5.06. The van der Waals surface area contributed by atoms with Crippen LogP contribution < -0.4 is 10.5 Å². The maximum Gasteiger partial charge on any atom is 0.260 e. The Hall–Kier alpha value is -0.970. The number of rotatable bonds is 4. The number of para-hydroxylation sites is 1. The van der Waals surface area contributed by atoms with E-state index in [1.807, 2.05) is 24.0 Å². The molecule has 6 heteroatoms. The Morgan fingerprint density at radius 1 is 1.43 bits per heavy atom. The van der Waals surface area contributed by atoms with Crippen LogP contribution in [0.5, 0.6) is 5.75 Å². The lowest BCUT2D eigenvalue weighted by molar-refractivity contribution is -0.134. The Kier molecular flexibility index (Phi) is 7.29. The molecular weight excluding hydrogens is 311 g/mol. The summed E-state index contributed by atoms with van der Waals surface area (Å²) in [5, 5.41) is 0.524. The fourth-order valence-corrected chi connectivity index (χ4v) is 2.66. The summed E-state index contributed by atoms with van der Waals surface area (Å²) in [7, 11) is 0. The number of nitrogens with zero attached hydrogens (tertiary/aromatic N) is 1. The minimum absolute atomic E-state index is 0. The van der Waals surface area contributed by atoms with Crippen LogP contribution in [0.15, 0.2) is 24.3 Å². The molecule has 0 saturated carbocycles. The Morgan fingerprint density at radius 3 is 2.62 bits per heavy atom. The van der Waals surface area contributed by atoms with Crippen molar-refractivity contribution < 1.29 is 9.53 Å². The zero-order chi connectivity index (χ0) is 14.5. The van der Waals surface area contributed by atoms with Gasteiger partial charge in [0.15, 0.2) is 6.61 Å². The van der Waals surface area contributed by atoms with E-state index in [-0.39, 0.29) is 31.0 Å². The van der Waals surface area contributed by atoms with Crippen molar-refractivity contribution in [1.82, 2.24) is 4.90 Å². The largest absolute Gasteiger partial charge is 0.482 e. The molecule has 1 aliphatic rings. The maximum atomic E-state index is 12.1. The zero-order valence-corrected chi connectivity index (χ0v) is 13.7. The molecule has 2 N–H and O–H groups in total. The van der Waals surface area contributed by atoms with Gasteiger partial charge in [-0.3, -0.25) is 4.79 Å². The molecule has 1 atom stereocenters. The monoisotopic (exact) mass is 332 g/mol. The summed E-state index contributed by atoms with van der Waals surface area (Å²) < 4.78 is 5.48. The normalized spacial score (nSPS) is 17.0. The molecule has 0 aromatic heterocycles. The first-order chi connectivity index (χ1) is 9.58. The number of hydrogen-bond donors (Lipinski definition) is 1. The summed E-state index contributed by atoms with van der Waals surface area (Å²) in [6, 6.07) is 7.37. The van der Waals surface area contributed by atoms with Crippen molar-refractivity contribution in [3.8, 4) is 5.75 Å². The molecule has 0 spiro atoms. The summed E-state index contributed by atoms with van der Waals surface area (Å²) in [6.07, 6.45) is 1.94. The smallest absolute Gasteiger partial charge is 0.260 e. The SMILES string of the molecule is CC(N)C1CCN(C(=O)COc2ccccc2Cl)CC1.Cl. The van der Waals surface area contributed by atoms with Crippen LogP contribution >= 0.6 is 24.0 Å². The number of nitrogens with two attached hydrogens (primary N) is 1. The first kappa shape index (κ1) is 18.1. The fraction of sp³-hybridized carbons (Fsp3) is 0.533. The molecule has 1 aromatic rings. The molecule has 1 saturated heterocycles. The average molecular weight is 333 g/mol. The van der Waals surface area contributed by atoms with Gasteiger partial charge in [-0.05, 0) is 37.8 Å². The molecule has 1 fully saturated rings. The van der Waals surface area contributed by atoms with E-state index in [2.05, 4.69) is 0 Å². The topological polar surface area (TPSA) is 55.6 Å². The minimum Gasteiger partial charge on any atom is -0.482 e. The number of ether oxygens (including phenoxy) is 1. The predicted octanol–water partition coefficient (Wildman–Crippen LogP) is 2.73. The van der Waals surface area contributed by atoms with Crippen LogP contribution in [-0.4, -0.2) is 36.5 Å². The van der Waals surface area contributed by atoms with Gasteiger partial charge in [0.25, 0.3) is 5.91 Å². The molecule has 4 nitrogen and oxygen atoms in total. The van der Waals surface area contributed by atoms with Crippen LogP contribution in [0, 0.1) is 5.92 Å². The molecule has 0 bridgehead atoms. The van der Waals surface area contributed by atoms with Gasteiger partial charge in [0.1, 0.15) is 5.75 Å². The average Bonchev–Trinajstić information content (AvgIpc) is 2.46. The van der Waals surface area contributed by atoms with Gasteiger partial charge in [0.2, 0.25) is 0 Å². The summed E-state index contributed by atoms with van der Waals surface area (Å²) in [6.45, 7) is 3.59. The summed E-state index contributed by atoms with van der Waals surface area (Å²) in [5.74, 6) is 1.07. The van der Waals surface area contributed by atoms with Gasteiger partial charge >= 0.3 is 0 Å². The number of carbonyl (C=O) groups excluding carboxylic acids is 1. The molecule has 1 aliphatic heterocycles. The number of hydrogen-bond acceptors (Lipinski definition) is 3. The second-order valence-electron chi connectivity index (χ2n) is 5.30. The van der Waals surface area contributed by atoms with Gasteiger partial charge in [0.05, 0.1) is 5.02 Å². The van der Waals surface area contributed by atoms with E-state index < -0.39 is 0 Å². The number of carbonyl (C=O) groups is 1. The van der Waals surface area contributed by atoms with Crippen molar-refractivity contribution in [3.05, 3.63) is 29.3 Å². The molecule has 2 rings (SSSR count). The number of benzene rings is 1. The molecule has 1 amide bonds. The first-order valence-corrected chi connectivity index (χ1v) is 7.36. The van der Waals surface area contributed by atoms with E-state index in [0.717, 1.165) is 25.9 Å². The Bertz CT molecular complexity index is 461. The standard InChI is InChI=1S/C15H21ClN2O2.ClH/c1-11(17)12-6-8-18(9-7-12)15(19)10-20-14-5-3-2-4-13(14)16;/h2-5,11-12H,6-10,17H2,1H3;1H. The zero-order valence-electron chi connectivity index (χ0n) is 12.1. The number of halogens is 2. The van der Waals surface area contributed by atoms with Gasteiger partial charge < -0.3 is 15.4 Å². The van der Waals surface area contributed by atoms with Crippen LogP contribution in [0.25, 0.3) is 0 Å². The highest BCUT2D eigenvalue weighted by atomic mass is 35.5. The van der Waals surface area contributed by atoms with E-state index in [4.69, 9.17) is 22.1 Å². The Morgan fingerprint density at radius 2 is 2.05 bits per heavy atom. The second-order valence-corrected chi connectivity index (χ2v) is 5.70. The van der Waals surface area contributed by atoms with E-state index >= 15 is 0 Å². The summed E-state index contributed by atoms with van der Waals surface area (Å²) in [5.41, 5.74) is 5.90. The highest BCUT2D eigenvalue weighted by Crippen LogP contribution is 2.23. The summed E-state index contributed by atoms with van der Waals surface area (Å²) in [4.78, 5) is 13.9. The van der Waals surface area contributed by atoms with Gasteiger partial charge in [-0.15, -0.1) is 12.4 Å². The van der Waals surface area contributed by atoms with Gasteiger partial charge in [0, 0.05) is 19.1 Å². The van der Waals surface area contributed by atoms with E-state index in [1.54, 1.807) is 12.1 Å². The van der Waals surface area contributed by atoms with Crippen LogP contribution in [-0.2, 0) is 4.79 Å². The lowest BCUT2D eigenvalue weighted by Gasteiger charge is -2.33. The van der Waals surface area contributed by atoms with E-state index in [0.29, 0.717) is 16.7 Å². The molecule has 118 valence electrons. The molecular formula is C15H22Cl2N2O2. The molecule has 1 heterocycles. The number of piperidine rings is 1. The van der Waals surface area contributed by atoms with Gasteiger partial charge in [-0.1, -0.05) is 23.7 Å². The van der Waals surface area contributed by atoms with Crippen molar-refractivity contribution in [2.24, 2.45) is 11.7 Å². The van der Waals surface area contributed by atoms with Crippen LogP contribution in [0.3, 0.4) is 0 Å². The Labute approximate surface area is 137 Å². The van der Waals surface area contributed by atoms with Crippen molar-refractivity contribution >= 4 is 29.9 Å². The van der Waals surface area contributed by atoms with Crippen molar-refractivity contribution in [3.63, 3.8) is 0 Å². The maximum absolute atomic E-state index is 12.1. The van der Waals surface area contributed by atoms with Crippen molar-refractivity contribution in [2.75, 3.05) is 19.7 Å². The molecule has 21 heavy (non-hydrogen) atoms. The quantitative estimate of drug-likeness (QED) is 0.922. The fourth-order valence-electron chi connectivity index (χ4n) is 2.47. The lowest BCUT2D eigenvalue weighted by Crippen LogP contribution is -2.44. The van der Waals surface area contributed by atoms with Crippen molar-refractivity contribution in [2.45, 2.75) is 25.8 Å². The Balaban J connectivity index is 0.00000220. The first-order valence-electron chi connectivity index (χ1n) is 6.98. The highest BCUT2D eigenvalue weighted by molar-refractivity contribution is 6.32. The third-order valence-corrected chi connectivity index (χ3v) is 4.14. The highest BCUT2D eigenvalue weighted by Gasteiger charge is 2.24. The lowest BCUT2D eigenvalue weighted by atomic mass is 9.91. The minimum atomic E-state index is 0. The predicted molar refractivity (Wildman–Crippen MR) is 87.1 cm³/mol. The summed E-state index contributed by atoms with van der Waals surface area (Å²) >= 11 is 5.98. The van der Waals surface area contributed by atoms with Gasteiger partial charge in [-0.2, -0.15) is 0 Å². The molecule has 0 aliphatic carbocycles. The molecule has 1 aromatic carbocycles. The van der Waals surface area contributed by atoms with Crippen LogP contribution in [0.1, 0.15) is 19.8 Å².